The number of aliphatic hydroxyl groups is 1. The minimum absolute atomic E-state index is 0.153. The molecule has 72 valence electrons. The van der Waals surface area contributed by atoms with Crippen LogP contribution in [0.25, 0.3) is 0 Å². The number of hydrogen-bond acceptors (Lipinski definition) is 5. The van der Waals surface area contributed by atoms with Crippen LogP contribution in [0, 0.1) is 0 Å². The van der Waals surface area contributed by atoms with Crippen molar-refractivity contribution in [2.45, 2.75) is 18.6 Å². The first-order valence-electron chi connectivity index (χ1n) is 3.71. The molecule has 0 aromatic rings. The Kier molecular flexibility index (Phi) is 2.38. The number of ether oxygens (including phenoxy) is 2. The van der Waals surface area contributed by atoms with Gasteiger partial charge in [0.05, 0.1) is 0 Å². The Morgan fingerprint density at radius 2 is 2.54 bits per heavy atom. The molecular weight excluding hydrogens is 176 g/mol. The van der Waals surface area contributed by atoms with E-state index in [-0.39, 0.29) is 6.61 Å². The number of carbonyl (C=O) groups is 2. The molecule has 0 radical (unpaired) electrons. The van der Waals surface area contributed by atoms with Crippen molar-refractivity contribution >= 4 is 11.9 Å². The van der Waals surface area contributed by atoms with Gasteiger partial charge in [-0.15, -0.1) is 0 Å². The summed E-state index contributed by atoms with van der Waals surface area (Å²) in [6.07, 6.45) is -0.201. The summed E-state index contributed by atoms with van der Waals surface area (Å²) in [5.41, 5.74) is -1.59. The molecule has 1 heterocycles. The Bertz CT molecular complexity index is 259. The van der Waals surface area contributed by atoms with Crippen LogP contribution >= 0.6 is 0 Å². The smallest absolute Gasteiger partial charge is 0.353 e. The molecule has 1 rings (SSSR count). The summed E-state index contributed by atoms with van der Waals surface area (Å²) in [7, 11) is 0. The first kappa shape index (κ1) is 9.73. The van der Waals surface area contributed by atoms with Crippen molar-refractivity contribution in [2.75, 3.05) is 6.61 Å². The molecule has 1 aliphatic rings. The Morgan fingerprint density at radius 1 is 1.92 bits per heavy atom. The first-order valence-corrected chi connectivity index (χ1v) is 3.71. The summed E-state index contributed by atoms with van der Waals surface area (Å²) < 4.78 is 9.22. The summed E-state index contributed by atoms with van der Waals surface area (Å²) in [4.78, 5) is 21.9. The van der Waals surface area contributed by atoms with Crippen LogP contribution in [0.15, 0.2) is 12.7 Å². The van der Waals surface area contributed by atoms with Gasteiger partial charge in [0, 0.05) is 6.08 Å². The average molecular weight is 186 g/mol. The highest BCUT2D eigenvalue weighted by atomic mass is 16.6. The molecule has 0 saturated carbocycles. The van der Waals surface area contributed by atoms with Gasteiger partial charge in [-0.1, -0.05) is 6.58 Å². The average Bonchev–Trinajstić information content (AvgIpc) is 2.33. The zero-order chi connectivity index (χ0) is 10.1. The predicted molar refractivity (Wildman–Crippen MR) is 41.7 cm³/mol. The standard InChI is InChI=1S/C8H10O5/c1-3-6(10)13-8(2)5(9)4-12-7(8)11/h3,5,9H,1,4H2,2H3. The van der Waals surface area contributed by atoms with E-state index in [1.54, 1.807) is 0 Å². The van der Waals surface area contributed by atoms with Gasteiger partial charge in [0.25, 0.3) is 0 Å². The topological polar surface area (TPSA) is 72.8 Å². The molecule has 0 spiro atoms. The molecule has 2 unspecified atom stereocenters. The maximum Gasteiger partial charge on any atom is 0.353 e. The molecular formula is C8H10O5. The van der Waals surface area contributed by atoms with Crippen LogP contribution in [-0.4, -0.2) is 35.4 Å². The Labute approximate surface area is 74.9 Å². The Morgan fingerprint density at radius 3 is 2.92 bits per heavy atom. The zero-order valence-electron chi connectivity index (χ0n) is 7.15. The van der Waals surface area contributed by atoms with Crippen molar-refractivity contribution in [1.29, 1.82) is 0 Å². The normalized spacial score (nSPS) is 32.5. The maximum atomic E-state index is 11.1. The van der Waals surface area contributed by atoms with E-state index in [0.29, 0.717) is 0 Å². The molecule has 13 heavy (non-hydrogen) atoms. The molecule has 2 atom stereocenters. The fourth-order valence-electron chi connectivity index (χ4n) is 0.953. The number of esters is 2. The van der Waals surface area contributed by atoms with Crippen LogP contribution in [0.3, 0.4) is 0 Å². The molecule has 5 heteroatoms. The van der Waals surface area contributed by atoms with E-state index >= 15 is 0 Å². The summed E-state index contributed by atoms with van der Waals surface area (Å²) in [5, 5.41) is 9.31. The van der Waals surface area contributed by atoms with Crippen LogP contribution in [-0.2, 0) is 19.1 Å². The number of aliphatic hydroxyl groups excluding tert-OH is 1. The fourth-order valence-corrected chi connectivity index (χ4v) is 0.953. The lowest BCUT2D eigenvalue weighted by atomic mass is 10.0. The van der Waals surface area contributed by atoms with Gasteiger partial charge in [-0.05, 0) is 6.92 Å². The van der Waals surface area contributed by atoms with Gasteiger partial charge in [-0.25, -0.2) is 9.59 Å². The van der Waals surface area contributed by atoms with Crippen molar-refractivity contribution in [1.82, 2.24) is 0 Å². The highest BCUT2D eigenvalue weighted by Gasteiger charge is 2.51. The molecule has 0 aromatic heterocycles. The van der Waals surface area contributed by atoms with Gasteiger partial charge in [0.2, 0.25) is 5.60 Å². The Balaban J connectivity index is 2.79. The summed E-state index contributed by atoms with van der Waals surface area (Å²) in [5.74, 6) is -1.50. The second-order valence-corrected chi connectivity index (χ2v) is 2.85. The van der Waals surface area contributed by atoms with E-state index in [9.17, 15) is 14.7 Å². The molecule has 0 aromatic carbocycles. The number of hydrogen-bond donors (Lipinski definition) is 1. The van der Waals surface area contributed by atoms with Gasteiger partial charge in [-0.2, -0.15) is 0 Å². The van der Waals surface area contributed by atoms with Crippen LogP contribution in [0.2, 0.25) is 0 Å². The third kappa shape index (κ3) is 1.55. The van der Waals surface area contributed by atoms with Crippen LogP contribution in [0.1, 0.15) is 6.92 Å². The van der Waals surface area contributed by atoms with E-state index in [1.807, 2.05) is 0 Å². The molecule has 1 N–H and O–H groups in total. The van der Waals surface area contributed by atoms with Gasteiger partial charge in [0.15, 0.2) is 0 Å². The highest BCUT2D eigenvalue weighted by Crippen LogP contribution is 2.24. The van der Waals surface area contributed by atoms with Crippen LogP contribution < -0.4 is 0 Å². The monoisotopic (exact) mass is 186 g/mol. The largest absolute Gasteiger partial charge is 0.460 e. The van der Waals surface area contributed by atoms with E-state index in [4.69, 9.17) is 4.74 Å². The molecule has 0 aliphatic carbocycles. The number of rotatable bonds is 2. The summed E-state index contributed by atoms with van der Waals surface area (Å²) >= 11 is 0. The van der Waals surface area contributed by atoms with Crippen molar-refractivity contribution < 1.29 is 24.2 Å². The predicted octanol–water partition coefficient (Wildman–Crippen LogP) is -0.608. The van der Waals surface area contributed by atoms with Crippen LogP contribution in [0.4, 0.5) is 0 Å². The maximum absolute atomic E-state index is 11.1. The fraction of sp³-hybridized carbons (Fsp3) is 0.500. The van der Waals surface area contributed by atoms with E-state index in [2.05, 4.69) is 11.3 Å². The number of cyclic esters (lactones) is 1. The van der Waals surface area contributed by atoms with E-state index in [0.717, 1.165) is 6.08 Å². The van der Waals surface area contributed by atoms with Gasteiger partial charge in [-0.3, -0.25) is 0 Å². The first-order chi connectivity index (χ1) is 6.00. The lowest BCUT2D eigenvalue weighted by molar-refractivity contribution is -0.172. The molecule has 0 bridgehead atoms. The van der Waals surface area contributed by atoms with Crippen molar-refractivity contribution in [2.24, 2.45) is 0 Å². The lowest BCUT2D eigenvalue weighted by Crippen LogP contribution is -2.45. The van der Waals surface area contributed by atoms with Gasteiger partial charge >= 0.3 is 11.9 Å². The molecule has 1 saturated heterocycles. The van der Waals surface area contributed by atoms with E-state index < -0.39 is 23.6 Å². The SMILES string of the molecule is C=CC(=O)OC1(C)C(=O)OCC1O. The molecule has 1 fully saturated rings. The second kappa shape index (κ2) is 3.18. The Hall–Kier alpha value is -1.36. The van der Waals surface area contributed by atoms with Crippen LogP contribution in [0.5, 0.6) is 0 Å². The zero-order valence-corrected chi connectivity index (χ0v) is 7.15. The minimum atomic E-state index is -1.59. The molecule has 5 nitrogen and oxygen atoms in total. The quantitative estimate of drug-likeness (QED) is 0.460. The third-order valence-electron chi connectivity index (χ3n) is 1.89. The number of carbonyl (C=O) groups excluding carboxylic acids is 2. The van der Waals surface area contributed by atoms with E-state index in [1.165, 1.54) is 6.92 Å². The van der Waals surface area contributed by atoms with Crippen molar-refractivity contribution in [3.05, 3.63) is 12.7 Å². The van der Waals surface area contributed by atoms with Gasteiger partial charge < -0.3 is 14.6 Å². The highest BCUT2D eigenvalue weighted by molar-refractivity contribution is 5.88. The van der Waals surface area contributed by atoms with Gasteiger partial charge in [0.1, 0.15) is 12.7 Å². The molecule has 1 aliphatic heterocycles. The lowest BCUT2D eigenvalue weighted by Gasteiger charge is -2.21. The van der Waals surface area contributed by atoms with Crippen molar-refractivity contribution in [3.63, 3.8) is 0 Å². The minimum Gasteiger partial charge on any atom is -0.460 e. The summed E-state index contributed by atoms with van der Waals surface area (Å²) in [6, 6.07) is 0. The van der Waals surface area contributed by atoms with Crippen molar-refractivity contribution in [3.8, 4) is 0 Å². The summed E-state index contributed by atoms with van der Waals surface area (Å²) in [6.45, 7) is 4.32. The second-order valence-electron chi connectivity index (χ2n) is 2.85. The molecule has 0 amide bonds. The third-order valence-corrected chi connectivity index (χ3v) is 1.89.